The fraction of sp³-hybridized carbons (Fsp3) is 0.231. The molecular weight excluding hydrogens is 286 g/mol. The summed E-state index contributed by atoms with van der Waals surface area (Å²) in [5.74, 6) is 0.293. The summed E-state index contributed by atoms with van der Waals surface area (Å²) in [6.45, 7) is 1.42. The number of anilines is 1. The van der Waals surface area contributed by atoms with Crippen molar-refractivity contribution in [2.75, 3.05) is 11.1 Å². The van der Waals surface area contributed by atoms with Gasteiger partial charge in [0.25, 0.3) is 11.3 Å². The van der Waals surface area contributed by atoms with Crippen LogP contribution in [0.25, 0.3) is 11.1 Å². The SMILES string of the molecule is CC(=O)Nc1ccc2nc(SCCC=C(F)F)oc2c1. The number of rotatable bonds is 5. The van der Waals surface area contributed by atoms with Gasteiger partial charge in [0.05, 0.1) is 0 Å². The van der Waals surface area contributed by atoms with Gasteiger partial charge in [-0.05, 0) is 24.6 Å². The molecule has 0 aliphatic heterocycles. The summed E-state index contributed by atoms with van der Waals surface area (Å²) in [6, 6.07) is 5.13. The number of hydrogen-bond acceptors (Lipinski definition) is 4. The van der Waals surface area contributed by atoms with Crippen LogP contribution in [0.2, 0.25) is 0 Å². The van der Waals surface area contributed by atoms with E-state index in [0.717, 1.165) is 6.08 Å². The van der Waals surface area contributed by atoms with Crippen LogP contribution < -0.4 is 5.32 Å². The Morgan fingerprint density at radius 1 is 1.50 bits per heavy atom. The minimum Gasteiger partial charge on any atom is -0.431 e. The summed E-state index contributed by atoms with van der Waals surface area (Å²) in [6.07, 6.45) is -0.559. The highest BCUT2D eigenvalue weighted by Crippen LogP contribution is 2.26. The molecule has 0 atom stereocenters. The summed E-state index contributed by atoms with van der Waals surface area (Å²) < 4.78 is 29.2. The van der Waals surface area contributed by atoms with Gasteiger partial charge in [0.1, 0.15) is 5.52 Å². The van der Waals surface area contributed by atoms with Gasteiger partial charge in [0.2, 0.25) is 5.91 Å². The van der Waals surface area contributed by atoms with Crippen molar-refractivity contribution < 1.29 is 18.0 Å². The number of benzene rings is 1. The van der Waals surface area contributed by atoms with Gasteiger partial charge < -0.3 is 9.73 Å². The van der Waals surface area contributed by atoms with E-state index >= 15 is 0 Å². The summed E-state index contributed by atoms with van der Waals surface area (Å²) >= 11 is 1.26. The second kappa shape index (κ2) is 6.51. The highest BCUT2D eigenvalue weighted by molar-refractivity contribution is 7.99. The van der Waals surface area contributed by atoms with Crippen molar-refractivity contribution in [1.29, 1.82) is 0 Å². The zero-order valence-electron chi connectivity index (χ0n) is 10.7. The maximum Gasteiger partial charge on any atom is 0.266 e. The molecule has 0 saturated heterocycles. The molecule has 4 nitrogen and oxygen atoms in total. The first-order valence-electron chi connectivity index (χ1n) is 5.87. The Hall–Kier alpha value is -1.89. The third-order valence-electron chi connectivity index (χ3n) is 2.33. The Kier molecular flexibility index (Phi) is 4.73. The second-order valence-corrected chi connectivity index (χ2v) is 5.02. The monoisotopic (exact) mass is 298 g/mol. The predicted molar refractivity (Wildman–Crippen MR) is 74.0 cm³/mol. The largest absolute Gasteiger partial charge is 0.431 e. The van der Waals surface area contributed by atoms with Gasteiger partial charge in [-0.2, -0.15) is 8.78 Å². The fourth-order valence-electron chi connectivity index (χ4n) is 1.56. The van der Waals surface area contributed by atoms with Crippen LogP contribution in [0.4, 0.5) is 14.5 Å². The molecule has 0 bridgehead atoms. The number of nitrogens with one attached hydrogen (secondary N) is 1. The maximum atomic E-state index is 11.9. The number of thioether (sulfide) groups is 1. The Morgan fingerprint density at radius 3 is 3.00 bits per heavy atom. The lowest BCUT2D eigenvalue weighted by atomic mass is 10.3. The van der Waals surface area contributed by atoms with Crippen molar-refractivity contribution in [2.45, 2.75) is 18.6 Å². The van der Waals surface area contributed by atoms with Gasteiger partial charge >= 0.3 is 0 Å². The minimum absolute atomic E-state index is 0.168. The van der Waals surface area contributed by atoms with Crippen molar-refractivity contribution in [3.05, 3.63) is 30.4 Å². The van der Waals surface area contributed by atoms with Crippen LogP contribution in [0, 0.1) is 0 Å². The highest BCUT2D eigenvalue weighted by Gasteiger charge is 2.07. The number of aromatic nitrogens is 1. The molecule has 0 spiro atoms. The van der Waals surface area contributed by atoms with Crippen molar-refractivity contribution in [2.24, 2.45) is 0 Å². The Balaban J connectivity index is 2.05. The molecule has 1 aromatic heterocycles. The number of nitrogens with zero attached hydrogens (tertiary/aromatic N) is 1. The van der Waals surface area contributed by atoms with E-state index in [9.17, 15) is 13.6 Å². The molecule has 2 rings (SSSR count). The molecule has 0 saturated carbocycles. The molecule has 20 heavy (non-hydrogen) atoms. The molecule has 1 heterocycles. The van der Waals surface area contributed by atoms with Gasteiger partial charge in [0.15, 0.2) is 5.58 Å². The van der Waals surface area contributed by atoms with E-state index in [2.05, 4.69) is 10.3 Å². The number of carbonyl (C=O) groups excluding carboxylic acids is 1. The van der Waals surface area contributed by atoms with E-state index in [1.165, 1.54) is 18.7 Å². The molecule has 0 aliphatic rings. The number of oxazole rings is 1. The van der Waals surface area contributed by atoms with E-state index in [4.69, 9.17) is 4.42 Å². The molecule has 0 fully saturated rings. The van der Waals surface area contributed by atoms with Gasteiger partial charge in [0, 0.05) is 24.4 Å². The number of fused-ring (bicyclic) bond motifs is 1. The van der Waals surface area contributed by atoms with Gasteiger partial charge in [-0.15, -0.1) is 0 Å². The van der Waals surface area contributed by atoms with Crippen LogP contribution in [0.3, 0.4) is 0 Å². The van der Waals surface area contributed by atoms with Crippen molar-refractivity contribution >= 4 is 34.5 Å². The molecule has 1 N–H and O–H groups in total. The average molecular weight is 298 g/mol. The topological polar surface area (TPSA) is 55.1 Å². The van der Waals surface area contributed by atoms with Crippen LogP contribution in [-0.2, 0) is 4.79 Å². The van der Waals surface area contributed by atoms with E-state index < -0.39 is 6.08 Å². The quantitative estimate of drug-likeness (QED) is 0.668. The average Bonchev–Trinajstić information content (AvgIpc) is 2.75. The van der Waals surface area contributed by atoms with Crippen LogP contribution in [-0.4, -0.2) is 16.6 Å². The van der Waals surface area contributed by atoms with Gasteiger partial charge in [-0.1, -0.05) is 11.8 Å². The number of hydrogen-bond donors (Lipinski definition) is 1. The van der Waals surface area contributed by atoms with E-state index in [0.29, 0.717) is 27.8 Å². The summed E-state index contributed by atoms with van der Waals surface area (Å²) in [4.78, 5) is 15.2. The third kappa shape index (κ3) is 4.06. The number of amides is 1. The second-order valence-electron chi connectivity index (χ2n) is 3.97. The summed E-state index contributed by atoms with van der Waals surface area (Å²) in [7, 11) is 0. The summed E-state index contributed by atoms with van der Waals surface area (Å²) in [5, 5.41) is 3.07. The lowest BCUT2D eigenvalue weighted by Gasteiger charge is -1.99. The first-order chi connectivity index (χ1) is 9.54. The van der Waals surface area contributed by atoms with E-state index in [1.807, 2.05) is 0 Å². The lowest BCUT2D eigenvalue weighted by Crippen LogP contribution is -2.05. The third-order valence-corrected chi connectivity index (χ3v) is 3.19. The molecule has 0 radical (unpaired) electrons. The van der Waals surface area contributed by atoms with Crippen molar-refractivity contribution in [3.8, 4) is 0 Å². The molecule has 0 aliphatic carbocycles. The van der Waals surface area contributed by atoms with Gasteiger partial charge in [-0.25, -0.2) is 4.98 Å². The Morgan fingerprint density at radius 2 is 2.30 bits per heavy atom. The normalized spacial score (nSPS) is 10.6. The highest BCUT2D eigenvalue weighted by atomic mass is 32.2. The standard InChI is InChI=1S/C13H12F2N2O2S/c1-8(18)16-9-4-5-10-11(7-9)19-13(17-10)20-6-2-3-12(14)15/h3-5,7H,2,6H2,1H3,(H,16,18). The van der Waals surface area contributed by atoms with Crippen LogP contribution in [0.15, 0.2) is 40.0 Å². The predicted octanol–water partition coefficient (Wildman–Crippen LogP) is 4.05. The van der Waals surface area contributed by atoms with Gasteiger partial charge in [-0.3, -0.25) is 4.79 Å². The number of carbonyl (C=O) groups is 1. The lowest BCUT2D eigenvalue weighted by molar-refractivity contribution is -0.114. The van der Waals surface area contributed by atoms with Crippen LogP contribution in [0.1, 0.15) is 13.3 Å². The van der Waals surface area contributed by atoms with E-state index in [-0.39, 0.29) is 12.3 Å². The fourth-order valence-corrected chi connectivity index (χ4v) is 2.28. The molecule has 1 aromatic carbocycles. The zero-order valence-corrected chi connectivity index (χ0v) is 11.5. The van der Waals surface area contributed by atoms with E-state index in [1.54, 1.807) is 18.2 Å². The zero-order chi connectivity index (χ0) is 14.5. The Bertz CT molecular complexity index is 651. The number of allylic oxidation sites excluding steroid dienone is 1. The number of halogens is 2. The molecule has 106 valence electrons. The van der Waals surface area contributed by atoms with Crippen LogP contribution in [0.5, 0.6) is 0 Å². The first-order valence-corrected chi connectivity index (χ1v) is 6.85. The molecule has 2 aromatic rings. The molecular formula is C13H12F2N2O2S. The molecule has 1 amide bonds. The summed E-state index contributed by atoms with van der Waals surface area (Å²) in [5.41, 5.74) is 1.83. The maximum absolute atomic E-state index is 11.9. The van der Waals surface area contributed by atoms with Crippen molar-refractivity contribution in [3.63, 3.8) is 0 Å². The molecule has 0 unspecified atom stereocenters. The Labute approximate surface area is 118 Å². The smallest absolute Gasteiger partial charge is 0.266 e. The van der Waals surface area contributed by atoms with Crippen molar-refractivity contribution in [1.82, 2.24) is 4.98 Å². The van der Waals surface area contributed by atoms with Crippen LogP contribution >= 0.6 is 11.8 Å². The molecule has 7 heteroatoms. The first kappa shape index (κ1) is 14.5. The minimum atomic E-state index is -1.68.